The Morgan fingerprint density at radius 1 is 1.33 bits per heavy atom. The number of thiocarbonyl (C=S) groups is 1. The van der Waals surface area contributed by atoms with E-state index in [-0.39, 0.29) is 12.0 Å². The lowest BCUT2D eigenvalue weighted by molar-refractivity contribution is -0.132. The van der Waals surface area contributed by atoms with Crippen molar-refractivity contribution in [1.29, 1.82) is 0 Å². The minimum Gasteiger partial charge on any atom is -0.393 e. The van der Waals surface area contributed by atoms with Gasteiger partial charge in [0.25, 0.3) is 0 Å². The number of hydrogen-bond donors (Lipinski definition) is 1. The van der Waals surface area contributed by atoms with E-state index in [1.807, 2.05) is 6.92 Å². The Morgan fingerprint density at radius 3 is 2.50 bits per heavy atom. The number of carbonyl (C=O) groups excluding carboxylic acids is 1. The minimum absolute atomic E-state index is 0.0900. The van der Waals surface area contributed by atoms with Gasteiger partial charge in [0.15, 0.2) is 0 Å². The maximum absolute atomic E-state index is 12.0. The summed E-state index contributed by atoms with van der Waals surface area (Å²) in [5.74, 6) is 0.0900. The van der Waals surface area contributed by atoms with Gasteiger partial charge >= 0.3 is 0 Å². The molecule has 6 heteroatoms. The van der Waals surface area contributed by atoms with E-state index >= 15 is 0 Å². The highest BCUT2D eigenvalue weighted by Gasteiger charge is 2.14. The molecule has 18 heavy (non-hydrogen) atoms. The molecule has 0 heterocycles. The molecule has 2 N–H and O–H groups in total. The summed E-state index contributed by atoms with van der Waals surface area (Å²) < 4.78 is 10.1. The van der Waals surface area contributed by atoms with Crippen molar-refractivity contribution < 1.29 is 14.3 Å². The second-order valence-corrected chi connectivity index (χ2v) is 4.70. The number of hydrogen-bond acceptors (Lipinski definition) is 4. The summed E-state index contributed by atoms with van der Waals surface area (Å²) in [6, 6.07) is 0. The van der Waals surface area contributed by atoms with Crippen LogP contribution in [0.1, 0.15) is 26.2 Å². The molecule has 1 unspecified atom stereocenters. The van der Waals surface area contributed by atoms with Gasteiger partial charge in [0.05, 0.1) is 17.7 Å². The van der Waals surface area contributed by atoms with Crippen molar-refractivity contribution in [2.75, 3.05) is 33.9 Å². The first-order chi connectivity index (χ1) is 8.51. The first-order valence-corrected chi connectivity index (χ1v) is 6.49. The lowest BCUT2D eigenvalue weighted by atomic mass is 10.2. The van der Waals surface area contributed by atoms with Gasteiger partial charge in [-0.25, -0.2) is 0 Å². The monoisotopic (exact) mass is 276 g/mol. The van der Waals surface area contributed by atoms with Gasteiger partial charge in [0.2, 0.25) is 5.91 Å². The summed E-state index contributed by atoms with van der Waals surface area (Å²) in [6.45, 7) is 3.59. The van der Waals surface area contributed by atoms with E-state index in [4.69, 9.17) is 27.4 Å². The summed E-state index contributed by atoms with van der Waals surface area (Å²) >= 11 is 4.83. The third-order valence-electron chi connectivity index (χ3n) is 2.71. The summed E-state index contributed by atoms with van der Waals surface area (Å²) in [5, 5.41) is 0. The highest BCUT2D eigenvalue weighted by atomic mass is 32.1. The maximum Gasteiger partial charge on any atom is 0.222 e. The van der Waals surface area contributed by atoms with Gasteiger partial charge in [-0.3, -0.25) is 4.79 Å². The number of ether oxygens (including phenoxy) is 2. The smallest absolute Gasteiger partial charge is 0.222 e. The fourth-order valence-electron chi connectivity index (χ4n) is 1.41. The Hall–Kier alpha value is -0.720. The van der Waals surface area contributed by atoms with Crippen LogP contribution in [-0.2, 0) is 14.3 Å². The SMILES string of the molecule is COCCN(CCC(N)=S)C(=O)CCC(C)OC. The zero-order chi connectivity index (χ0) is 14.0. The molecule has 0 bridgehead atoms. The van der Waals surface area contributed by atoms with Crippen LogP contribution < -0.4 is 5.73 Å². The Morgan fingerprint density at radius 2 is 2.00 bits per heavy atom. The van der Waals surface area contributed by atoms with Gasteiger partial charge in [-0.1, -0.05) is 12.2 Å². The number of rotatable bonds is 10. The topological polar surface area (TPSA) is 64.8 Å². The summed E-state index contributed by atoms with van der Waals surface area (Å²) in [7, 11) is 3.26. The third-order valence-corrected chi connectivity index (χ3v) is 2.92. The van der Waals surface area contributed by atoms with E-state index in [1.54, 1.807) is 19.1 Å². The molecule has 0 aromatic carbocycles. The summed E-state index contributed by atoms with van der Waals surface area (Å²) in [6.07, 6.45) is 1.82. The van der Waals surface area contributed by atoms with Crippen molar-refractivity contribution in [2.45, 2.75) is 32.3 Å². The normalized spacial score (nSPS) is 12.2. The number of nitrogens with zero attached hydrogens (tertiary/aromatic N) is 1. The second kappa shape index (κ2) is 10.2. The molecule has 1 amide bonds. The van der Waals surface area contributed by atoms with Gasteiger partial charge in [-0.2, -0.15) is 0 Å². The van der Waals surface area contributed by atoms with E-state index in [1.165, 1.54) is 0 Å². The van der Waals surface area contributed by atoms with Crippen LogP contribution in [0.25, 0.3) is 0 Å². The summed E-state index contributed by atoms with van der Waals surface area (Å²) in [5.41, 5.74) is 5.46. The first kappa shape index (κ1) is 17.3. The highest BCUT2D eigenvalue weighted by molar-refractivity contribution is 7.80. The van der Waals surface area contributed by atoms with E-state index < -0.39 is 0 Å². The molecule has 0 aliphatic carbocycles. The number of carbonyl (C=O) groups is 1. The largest absolute Gasteiger partial charge is 0.393 e. The minimum atomic E-state index is 0.0900. The van der Waals surface area contributed by atoms with Crippen molar-refractivity contribution in [3.8, 4) is 0 Å². The lowest BCUT2D eigenvalue weighted by Gasteiger charge is -2.22. The predicted octanol–water partition coefficient (Wildman–Crippen LogP) is 0.953. The zero-order valence-electron chi connectivity index (χ0n) is 11.5. The van der Waals surface area contributed by atoms with Crippen LogP contribution in [0.15, 0.2) is 0 Å². The van der Waals surface area contributed by atoms with Crippen LogP contribution in [0.3, 0.4) is 0 Å². The molecule has 0 aliphatic rings. The molecule has 106 valence electrons. The fraction of sp³-hybridized carbons (Fsp3) is 0.833. The second-order valence-electron chi connectivity index (χ2n) is 4.17. The van der Waals surface area contributed by atoms with E-state index in [0.29, 0.717) is 43.9 Å². The van der Waals surface area contributed by atoms with E-state index in [2.05, 4.69) is 0 Å². The number of nitrogens with two attached hydrogens (primary N) is 1. The van der Waals surface area contributed by atoms with Gasteiger partial charge in [0.1, 0.15) is 0 Å². The molecule has 0 fully saturated rings. The predicted molar refractivity (Wildman–Crippen MR) is 75.6 cm³/mol. The number of amides is 1. The molecule has 5 nitrogen and oxygen atoms in total. The van der Waals surface area contributed by atoms with E-state index in [9.17, 15) is 4.79 Å². The van der Waals surface area contributed by atoms with Gasteiger partial charge in [-0.05, 0) is 13.3 Å². The first-order valence-electron chi connectivity index (χ1n) is 6.09. The average molecular weight is 276 g/mol. The van der Waals surface area contributed by atoms with E-state index in [0.717, 1.165) is 0 Å². The molecule has 0 rings (SSSR count). The number of methoxy groups -OCH3 is 2. The van der Waals surface area contributed by atoms with Gasteiger partial charge in [-0.15, -0.1) is 0 Å². The van der Waals surface area contributed by atoms with Crippen molar-refractivity contribution >= 4 is 23.1 Å². The third kappa shape index (κ3) is 8.38. The molecule has 0 spiro atoms. The van der Waals surface area contributed by atoms with Gasteiger partial charge in [0, 0.05) is 40.2 Å². The van der Waals surface area contributed by atoms with Crippen LogP contribution in [0.2, 0.25) is 0 Å². The highest BCUT2D eigenvalue weighted by Crippen LogP contribution is 2.05. The molecule has 0 radical (unpaired) electrons. The zero-order valence-corrected chi connectivity index (χ0v) is 12.3. The molecule has 0 aromatic heterocycles. The van der Waals surface area contributed by atoms with Crippen LogP contribution in [0.5, 0.6) is 0 Å². The molecule has 0 saturated carbocycles. The molecule has 0 saturated heterocycles. The van der Waals surface area contributed by atoms with Crippen molar-refractivity contribution in [1.82, 2.24) is 4.90 Å². The lowest BCUT2D eigenvalue weighted by Crippen LogP contribution is -2.36. The van der Waals surface area contributed by atoms with Crippen LogP contribution in [0.4, 0.5) is 0 Å². The molecule has 0 aromatic rings. The maximum atomic E-state index is 12.0. The van der Waals surface area contributed by atoms with Crippen LogP contribution in [0, 0.1) is 0 Å². The van der Waals surface area contributed by atoms with Crippen molar-refractivity contribution in [2.24, 2.45) is 5.73 Å². The van der Waals surface area contributed by atoms with Crippen LogP contribution in [-0.4, -0.2) is 55.8 Å². The molecular weight excluding hydrogens is 252 g/mol. The molecule has 1 atom stereocenters. The quantitative estimate of drug-likeness (QED) is 0.602. The van der Waals surface area contributed by atoms with Crippen molar-refractivity contribution in [3.05, 3.63) is 0 Å². The Balaban J connectivity index is 4.16. The summed E-state index contributed by atoms with van der Waals surface area (Å²) in [4.78, 5) is 14.2. The fourth-order valence-corrected chi connectivity index (χ4v) is 1.50. The molecular formula is C12H24N2O3S. The van der Waals surface area contributed by atoms with Gasteiger partial charge < -0.3 is 20.1 Å². The standard InChI is InChI=1S/C12H24N2O3S/c1-10(17-3)4-5-12(15)14(8-9-16-2)7-6-11(13)18/h10H,4-9H2,1-3H3,(H2,13,18). The Labute approximate surface area is 115 Å². The van der Waals surface area contributed by atoms with Crippen LogP contribution >= 0.6 is 12.2 Å². The Kier molecular flexibility index (Phi) is 9.82. The molecule has 0 aliphatic heterocycles. The van der Waals surface area contributed by atoms with Crippen molar-refractivity contribution in [3.63, 3.8) is 0 Å². The Bertz CT molecular complexity index is 262. The average Bonchev–Trinajstić information content (AvgIpc) is 2.35.